The summed E-state index contributed by atoms with van der Waals surface area (Å²) in [6.45, 7) is 2.11. The van der Waals surface area contributed by atoms with Crippen LogP contribution in [0.4, 0.5) is 11.6 Å². The molecular formula is C24H28N6OS. The number of aromatic nitrogens is 3. The van der Waals surface area contributed by atoms with E-state index in [9.17, 15) is 5.11 Å². The van der Waals surface area contributed by atoms with E-state index in [1.807, 2.05) is 36.0 Å². The third kappa shape index (κ3) is 4.13. The van der Waals surface area contributed by atoms with Crippen LogP contribution in [0.2, 0.25) is 0 Å². The standard InChI is InChI=1S/C24H28N6OS/c1-2-14-10-16(11-15-6-5-9-26-21(14)15)28-23(31)17-13-32-20-12-27-24(30-22(17)20)29-19-8-4-3-7-18(19)25/h5-6,9-13,18-19,23,28,31H,2-4,7-8,25H2,1H3,(H,27,29,30). The smallest absolute Gasteiger partial charge is 0.223 e. The molecule has 0 amide bonds. The van der Waals surface area contributed by atoms with Gasteiger partial charge in [-0.1, -0.05) is 25.8 Å². The number of thiophene rings is 1. The molecule has 8 heteroatoms. The first-order chi connectivity index (χ1) is 15.6. The maximum Gasteiger partial charge on any atom is 0.223 e. The van der Waals surface area contributed by atoms with Gasteiger partial charge in [0.1, 0.15) is 0 Å². The van der Waals surface area contributed by atoms with Crippen LogP contribution in [-0.4, -0.2) is 32.1 Å². The molecule has 0 saturated heterocycles. The molecule has 1 aliphatic rings. The van der Waals surface area contributed by atoms with Gasteiger partial charge < -0.3 is 21.5 Å². The van der Waals surface area contributed by atoms with Gasteiger partial charge in [0, 0.05) is 40.3 Å². The average Bonchev–Trinajstić information content (AvgIpc) is 3.23. The zero-order valence-corrected chi connectivity index (χ0v) is 18.9. The molecule has 0 spiro atoms. The van der Waals surface area contributed by atoms with Crippen molar-refractivity contribution in [3.8, 4) is 0 Å². The van der Waals surface area contributed by atoms with Gasteiger partial charge in [-0.2, -0.15) is 0 Å². The van der Waals surface area contributed by atoms with Crippen molar-refractivity contribution in [2.24, 2.45) is 5.73 Å². The van der Waals surface area contributed by atoms with E-state index in [1.54, 1.807) is 0 Å². The normalized spacial score (nSPS) is 19.8. The van der Waals surface area contributed by atoms with Crippen LogP contribution in [0.25, 0.3) is 21.1 Å². The number of rotatable bonds is 6. The summed E-state index contributed by atoms with van der Waals surface area (Å²) >= 11 is 1.53. The lowest BCUT2D eigenvalue weighted by Crippen LogP contribution is -2.42. The van der Waals surface area contributed by atoms with Crippen molar-refractivity contribution in [3.05, 3.63) is 53.2 Å². The number of aliphatic hydroxyl groups excluding tert-OH is 1. The highest BCUT2D eigenvalue weighted by atomic mass is 32.1. The van der Waals surface area contributed by atoms with Gasteiger partial charge in [0.15, 0.2) is 6.23 Å². The number of aryl methyl sites for hydroxylation is 1. The molecule has 3 atom stereocenters. The van der Waals surface area contributed by atoms with E-state index in [2.05, 4.69) is 33.6 Å². The lowest BCUT2D eigenvalue weighted by Gasteiger charge is -2.29. The number of pyridine rings is 1. The zero-order valence-electron chi connectivity index (χ0n) is 18.1. The lowest BCUT2D eigenvalue weighted by molar-refractivity contribution is 0.210. The number of anilines is 2. The first-order valence-electron chi connectivity index (χ1n) is 11.2. The number of nitrogens with one attached hydrogen (secondary N) is 2. The highest BCUT2D eigenvalue weighted by Gasteiger charge is 2.23. The lowest BCUT2D eigenvalue weighted by atomic mass is 9.91. The maximum absolute atomic E-state index is 11.0. The molecule has 3 aromatic heterocycles. The molecule has 4 aromatic rings. The summed E-state index contributed by atoms with van der Waals surface area (Å²) in [5, 5.41) is 20.7. The zero-order chi connectivity index (χ0) is 22.1. The molecule has 0 radical (unpaired) electrons. The summed E-state index contributed by atoms with van der Waals surface area (Å²) in [6, 6.07) is 8.35. The van der Waals surface area contributed by atoms with Crippen LogP contribution in [0.15, 0.2) is 42.0 Å². The largest absolute Gasteiger partial charge is 0.369 e. The number of nitrogens with two attached hydrogens (primary N) is 1. The van der Waals surface area contributed by atoms with Gasteiger partial charge in [0.05, 0.1) is 21.9 Å². The Morgan fingerprint density at radius 2 is 2.09 bits per heavy atom. The second kappa shape index (κ2) is 8.97. The van der Waals surface area contributed by atoms with E-state index >= 15 is 0 Å². The summed E-state index contributed by atoms with van der Waals surface area (Å²) in [5.41, 5.74) is 10.8. The minimum atomic E-state index is -0.887. The van der Waals surface area contributed by atoms with E-state index < -0.39 is 6.23 Å². The maximum atomic E-state index is 11.0. The van der Waals surface area contributed by atoms with Gasteiger partial charge >= 0.3 is 0 Å². The number of hydrogen-bond donors (Lipinski definition) is 4. The van der Waals surface area contributed by atoms with Crippen LogP contribution in [0.5, 0.6) is 0 Å². The van der Waals surface area contributed by atoms with E-state index in [4.69, 9.17) is 10.7 Å². The topological polar surface area (TPSA) is 109 Å². The Hall–Kier alpha value is -2.81. The second-order valence-electron chi connectivity index (χ2n) is 8.41. The van der Waals surface area contributed by atoms with Crippen molar-refractivity contribution in [1.29, 1.82) is 0 Å². The molecule has 1 aromatic carbocycles. The van der Waals surface area contributed by atoms with E-state index in [1.165, 1.54) is 24.2 Å². The van der Waals surface area contributed by atoms with Crippen LogP contribution in [0, 0.1) is 0 Å². The van der Waals surface area contributed by atoms with Crippen LogP contribution in [-0.2, 0) is 6.42 Å². The van der Waals surface area contributed by atoms with Crippen molar-refractivity contribution in [3.63, 3.8) is 0 Å². The number of fused-ring (bicyclic) bond motifs is 2. The quantitative estimate of drug-likeness (QED) is 0.320. The third-order valence-corrected chi connectivity index (χ3v) is 7.16. The first kappa shape index (κ1) is 21.1. The fourth-order valence-electron chi connectivity index (χ4n) is 4.47. The average molecular weight is 449 g/mol. The van der Waals surface area contributed by atoms with Gasteiger partial charge in [-0.3, -0.25) is 4.98 Å². The van der Waals surface area contributed by atoms with E-state index in [0.29, 0.717) is 5.95 Å². The monoisotopic (exact) mass is 448 g/mol. The van der Waals surface area contributed by atoms with E-state index in [-0.39, 0.29) is 12.1 Å². The van der Waals surface area contributed by atoms with Gasteiger partial charge in [-0.05, 0) is 43.0 Å². The van der Waals surface area contributed by atoms with Gasteiger partial charge in [-0.15, -0.1) is 11.3 Å². The highest BCUT2D eigenvalue weighted by molar-refractivity contribution is 7.17. The van der Waals surface area contributed by atoms with Gasteiger partial charge in [0.2, 0.25) is 5.95 Å². The summed E-state index contributed by atoms with van der Waals surface area (Å²) in [4.78, 5) is 13.7. The van der Waals surface area contributed by atoms with Crippen LogP contribution >= 0.6 is 11.3 Å². The summed E-state index contributed by atoms with van der Waals surface area (Å²) in [6.07, 6.45) is 8.00. The summed E-state index contributed by atoms with van der Waals surface area (Å²) < 4.78 is 0.941. The number of aliphatic hydroxyl groups is 1. The summed E-state index contributed by atoms with van der Waals surface area (Å²) in [7, 11) is 0. The van der Waals surface area contributed by atoms with Crippen molar-refractivity contribution in [2.75, 3.05) is 10.6 Å². The molecule has 5 N–H and O–H groups in total. The molecule has 0 bridgehead atoms. The van der Waals surface area contributed by atoms with Crippen LogP contribution in [0.3, 0.4) is 0 Å². The molecular weight excluding hydrogens is 420 g/mol. The fraction of sp³-hybridized carbons (Fsp3) is 0.375. The Balaban J connectivity index is 1.41. The van der Waals surface area contributed by atoms with Crippen molar-refractivity contribution < 1.29 is 5.11 Å². The van der Waals surface area contributed by atoms with Crippen molar-refractivity contribution in [2.45, 2.75) is 57.3 Å². The Labute approximate surface area is 191 Å². The molecule has 166 valence electrons. The van der Waals surface area contributed by atoms with Crippen LogP contribution in [0.1, 0.15) is 50.0 Å². The molecule has 1 saturated carbocycles. The SMILES string of the molecule is CCc1cc(NC(O)c2csc3cnc(NC4CCCCC4N)nc23)cc2cccnc12. The molecule has 5 rings (SSSR count). The Kier molecular flexibility index (Phi) is 5.91. The third-order valence-electron chi connectivity index (χ3n) is 6.24. The van der Waals surface area contributed by atoms with Gasteiger partial charge in [0.25, 0.3) is 0 Å². The summed E-state index contributed by atoms with van der Waals surface area (Å²) in [5.74, 6) is 0.566. The molecule has 3 heterocycles. The molecule has 7 nitrogen and oxygen atoms in total. The Bertz CT molecular complexity index is 1240. The van der Waals surface area contributed by atoms with Gasteiger partial charge in [-0.25, -0.2) is 9.97 Å². The number of hydrogen-bond acceptors (Lipinski definition) is 8. The minimum Gasteiger partial charge on any atom is -0.369 e. The molecule has 32 heavy (non-hydrogen) atoms. The van der Waals surface area contributed by atoms with Crippen molar-refractivity contribution >= 4 is 44.1 Å². The van der Waals surface area contributed by atoms with Crippen LogP contribution < -0.4 is 16.4 Å². The Morgan fingerprint density at radius 3 is 2.94 bits per heavy atom. The highest BCUT2D eigenvalue weighted by Crippen LogP contribution is 2.32. The number of nitrogens with zero attached hydrogens (tertiary/aromatic N) is 3. The molecule has 1 fully saturated rings. The second-order valence-corrected chi connectivity index (χ2v) is 9.32. The first-order valence-corrected chi connectivity index (χ1v) is 12.1. The fourth-order valence-corrected chi connectivity index (χ4v) is 5.35. The van der Waals surface area contributed by atoms with E-state index in [0.717, 1.165) is 57.2 Å². The number of benzene rings is 1. The minimum absolute atomic E-state index is 0.118. The molecule has 0 aliphatic heterocycles. The molecule has 3 unspecified atom stereocenters. The predicted molar refractivity (Wildman–Crippen MR) is 131 cm³/mol. The molecule has 1 aliphatic carbocycles. The predicted octanol–water partition coefficient (Wildman–Crippen LogP) is 4.59. The Morgan fingerprint density at radius 1 is 1.22 bits per heavy atom. The van der Waals surface area contributed by atoms with Crippen molar-refractivity contribution in [1.82, 2.24) is 15.0 Å².